The highest BCUT2D eigenvalue weighted by molar-refractivity contribution is 5.99. The van der Waals surface area contributed by atoms with Gasteiger partial charge in [0.25, 0.3) is 5.91 Å². The van der Waals surface area contributed by atoms with Crippen LogP contribution in [0, 0.1) is 5.82 Å². The number of amides is 1. The van der Waals surface area contributed by atoms with Gasteiger partial charge in [-0.2, -0.15) is 13.2 Å². The lowest BCUT2D eigenvalue weighted by Gasteiger charge is -2.32. The van der Waals surface area contributed by atoms with Crippen molar-refractivity contribution >= 4 is 16.8 Å². The smallest absolute Gasteiger partial charge is 0.424 e. The lowest BCUT2D eigenvalue weighted by Crippen LogP contribution is -2.51. The van der Waals surface area contributed by atoms with E-state index in [2.05, 4.69) is 20.6 Å². The zero-order chi connectivity index (χ0) is 31.0. The van der Waals surface area contributed by atoms with Crippen molar-refractivity contribution in [1.29, 1.82) is 0 Å². The summed E-state index contributed by atoms with van der Waals surface area (Å²) in [4.78, 5) is 21.6. The second kappa shape index (κ2) is 11.4. The molecule has 0 saturated carbocycles. The van der Waals surface area contributed by atoms with Crippen LogP contribution >= 0.6 is 0 Å². The summed E-state index contributed by atoms with van der Waals surface area (Å²) in [7, 11) is 1.62. The van der Waals surface area contributed by atoms with E-state index < -0.39 is 41.3 Å². The number of pyridine rings is 2. The fraction of sp³-hybridized carbons (Fsp3) is 0.300. The van der Waals surface area contributed by atoms with Gasteiger partial charge < -0.3 is 30.3 Å². The number of aliphatic hydroxyl groups excluding tert-OH is 1. The van der Waals surface area contributed by atoms with Gasteiger partial charge in [0.15, 0.2) is 5.75 Å². The van der Waals surface area contributed by atoms with Gasteiger partial charge >= 0.3 is 6.18 Å². The Hall–Kier alpha value is -4.33. The quantitative estimate of drug-likeness (QED) is 0.214. The predicted molar refractivity (Wildman–Crippen MR) is 148 cm³/mol. The van der Waals surface area contributed by atoms with Crippen LogP contribution in [0.25, 0.3) is 22.2 Å². The number of hydrogen-bond acceptors (Lipinski definition) is 8. The van der Waals surface area contributed by atoms with Crippen molar-refractivity contribution in [3.63, 3.8) is 0 Å². The first-order valence-electron chi connectivity index (χ1n) is 13.2. The van der Waals surface area contributed by atoms with Crippen LogP contribution in [0.2, 0.25) is 0 Å². The molecule has 2 aromatic carbocycles. The van der Waals surface area contributed by atoms with Gasteiger partial charge in [-0.15, -0.1) is 0 Å². The maximum Gasteiger partial charge on any atom is 0.424 e. The highest BCUT2D eigenvalue weighted by atomic mass is 19.4. The molecule has 5 rings (SSSR count). The van der Waals surface area contributed by atoms with Gasteiger partial charge in [0.2, 0.25) is 5.60 Å². The van der Waals surface area contributed by atoms with E-state index in [-0.39, 0.29) is 48.1 Å². The SMILES string of the molecule is CNC1(C)COc2c1cc(C(O)(CNC(=O)c1cc(OCCO)c3ncccc3c1)C(F)(F)F)nc2-c1ccc(F)cc1. The van der Waals surface area contributed by atoms with Crippen molar-refractivity contribution in [2.75, 3.05) is 33.4 Å². The van der Waals surface area contributed by atoms with Crippen molar-refractivity contribution in [1.82, 2.24) is 20.6 Å². The molecule has 0 spiro atoms. The summed E-state index contributed by atoms with van der Waals surface area (Å²) in [6.45, 7) is 0.0985. The summed E-state index contributed by atoms with van der Waals surface area (Å²) < 4.78 is 69.0. The average molecular weight is 601 g/mol. The molecule has 2 atom stereocenters. The minimum absolute atomic E-state index is 0.0202. The summed E-state index contributed by atoms with van der Waals surface area (Å²) in [5, 5.41) is 26.1. The third-order valence-electron chi connectivity index (χ3n) is 7.42. The van der Waals surface area contributed by atoms with Crippen molar-refractivity contribution in [3.05, 3.63) is 83.4 Å². The average Bonchev–Trinajstić information content (AvgIpc) is 3.34. The van der Waals surface area contributed by atoms with Gasteiger partial charge in [0.05, 0.1) is 24.4 Å². The number of carbonyl (C=O) groups is 1. The van der Waals surface area contributed by atoms with E-state index >= 15 is 0 Å². The molecule has 0 bridgehead atoms. The number of aliphatic hydroxyl groups is 2. The van der Waals surface area contributed by atoms with Gasteiger partial charge in [0, 0.05) is 28.3 Å². The monoisotopic (exact) mass is 600 g/mol. The van der Waals surface area contributed by atoms with Crippen LogP contribution in [0.15, 0.2) is 60.8 Å². The summed E-state index contributed by atoms with van der Waals surface area (Å²) >= 11 is 0. The fourth-order valence-corrected chi connectivity index (χ4v) is 4.81. The number of halogens is 4. The standard InChI is InChI=1S/C30H28F4N4O5/c1-28(35-2)16-43-26-21(28)14-23(38-25(26)17-5-7-20(31)8-6-17)29(41,30(32,33)34)15-37-27(40)19-12-18-4-3-9-36-24(18)22(13-19)42-11-10-39/h3-9,12-14,35,39,41H,10-11,15-16H2,1-2H3,(H,37,40). The van der Waals surface area contributed by atoms with E-state index in [1.165, 1.54) is 30.5 Å². The minimum Gasteiger partial charge on any atom is -0.489 e. The van der Waals surface area contributed by atoms with E-state index in [0.717, 1.165) is 18.2 Å². The number of nitrogens with one attached hydrogen (secondary N) is 2. The summed E-state index contributed by atoms with van der Waals surface area (Å²) in [5.74, 6) is -1.13. The first-order chi connectivity index (χ1) is 20.4. The maximum atomic E-state index is 14.7. The number of nitrogens with zero attached hydrogens (tertiary/aromatic N) is 2. The zero-order valence-corrected chi connectivity index (χ0v) is 23.1. The fourth-order valence-electron chi connectivity index (χ4n) is 4.81. The van der Waals surface area contributed by atoms with Crippen LogP contribution in [-0.2, 0) is 11.1 Å². The van der Waals surface area contributed by atoms with Gasteiger partial charge in [-0.25, -0.2) is 9.37 Å². The van der Waals surface area contributed by atoms with Crippen LogP contribution in [0.1, 0.15) is 28.5 Å². The molecule has 43 heavy (non-hydrogen) atoms. The Morgan fingerprint density at radius 1 is 1.16 bits per heavy atom. The van der Waals surface area contributed by atoms with E-state index in [1.807, 2.05) is 0 Å². The molecule has 1 aliphatic heterocycles. The number of likely N-dealkylation sites (N-methyl/N-ethyl adjacent to an activating group) is 1. The number of alkyl halides is 3. The van der Waals surface area contributed by atoms with E-state index in [4.69, 9.17) is 14.6 Å². The van der Waals surface area contributed by atoms with Crippen LogP contribution < -0.4 is 20.1 Å². The molecule has 4 aromatic rings. The van der Waals surface area contributed by atoms with Crippen LogP contribution in [-0.4, -0.2) is 65.7 Å². The Labute approximate surface area is 243 Å². The Kier molecular flexibility index (Phi) is 7.99. The summed E-state index contributed by atoms with van der Waals surface area (Å²) in [6.07, 6.45) is -3.77. The molecular formula is C30H28F4N4O5. The van der Waals surface area contributed by atoms with Crippen molar-refractivity contribution in [2.45, 2.75) is 24.2 Å². The van der Waals surface area contributed by atoms with Crippen LogP contribution in [0.3, 0.4) is 0 Å². The molecule has 4 N–H and O–H groups in total. The number of hydrogen-bond donors (Lipinski definition) is 4. The van der Waals surface area contributed by atoms with Crippen molar-refractivity contribution in [2.24, 2.45) is 0 Å². The van der Waals surface area contributed by atoms with Gasteiger partial charge in [-0.1, -0.05) is 6.07 Å². The van der Waals surface area contributed by atoms with Gasteiger partial charge in [-0.05, 0) is 62.5 Å². The minimum atomic E-state index is -5.28. The number of benzene rings is 2. The maximum absolute atomic E-state index is 14.7. The van der Waals surface area contributed by atoms with Crippen molar-refractivity contribution in [3.8, 4) is 22.8 Å². The van der Waals surface area contributed by atoms with Crippen molar-refractivity contribution < 1.29 is 42.0 Å². The molecule has 3 heterocycles. The van der Waals surface area contributed by atoms with Gasteiger partial charge in [0.1, 0.15) is 36.0 Å². The number of carbonyl (C=O) groups excluding carboxylic acids is 1. The summed E-state index contributed by atoms with van der Waals surface area (Å²) in [6, 6.07) is 12.0. The highest BCUT2D eigenvalue weighted by Gasteiger charge is 2.57. The lowest BCUT2D eigenvalue weighted by molar-refractivity contribution is -0.265. The molecule has 226 valence electrons. The highest BCUT2D eigenvalue weighted by Crippen LogP contribution is 2.46. The molecule has 2 unspecified atom stereocenters. The molecule has 13 heteroatoms. The zero-order valence-electron chi connectivity index (χ0n) is 23.1. The molecule has 0 fully saturated rings. The number of fused-ring (bicyclic) bond motifs is 2. The largest absolute Gasteiger partial charge is 0.489 e. The molecule has 0 saturated heterocycles. The predicted octanol–water partition coefficient (Wildman–Crippen LogP) is 3.81. The summed E-state index contributed by atoms with van der Waals surface area (Å²) in [5.41, 5.74) is -4.43. The number of aromatic nitrogens is 2. The molecule has 9 nitrogen and oxygen atoms in total. The second-order valence-corrected chi connectivity index (χ2v) is 10.3. The third kappa shape index (κ3) is 5.58. The molecular weight excluding hydrogens is 572 g/mol. The Morgan fingerprint density at radius 3 is 2.58 bits per heavy atom. The Morgan fingerprint density at radius 2 is 1.91 bits per heavy atom. The molecule has 1 amide bonds. The molecule has 0 aliphatic carbocycles. The van der Waals surface area contributed by atoms with Gasteiger partial charge in [-0.3, -0.25) is 9.78 Å². The van der Waals surface area contributed by atoms with Crippen LogP contribution in [0.4, 0.5) is 17.6 Å². The molecule has 1 aliphatic rings. The first-order valence-corrected chi connectivity index (χ1v) is 13.2. The van der Waals surface area contributed by atoms with Crippen LogP contribution in [0.5, 0.6) is 11.5 Å². The number of rotatable bonds is 9. The third-order valence-corrected chi connectivity index (χ3v) is 7.42. The van der Waals surface area contributed by atoms with E-state index in [0.29, 0.717) is 16.5 Å². The lowest BCUT2D eigenvalue weighted by atomic mass is 9.89. The normalized spacial score (nSPS) is 17.7. The topological polar surface area (TPSA) is 126 Å². The molecule has 0 radical (unpaired) electrons. The molecule has 2 aromatic heterocycles. The second-order valence-electron chi connectivity index (χ2n) is 10.3. The van der Waals surface area contributed by atoms with E-state index in [9.17, 15) is 27.5 Å². The van der Waals surface area contributed by atoms with E-state index in [1.54, 1.807) is 26.1 Å². The Balaban J connectivity index is 1.55. The number of ether oxygens (including phenoxy) is 2. The Bertz CT molecular complexity index is 1670. The first kappa shape index (κ1) is 30.1.